The zero-order chi connectivity index (χ0) is 14.9. The van der Waals surface area contributed by atoms with Crippen molar-refractivity contribution in [3.63, 3.8) is 0 Å². The number of sulfonamides is 1. The first kappa shape index (κ1) is 15.9. The van der Waals surface area contributed by atoms with Gasteiger partial charge < -0.3 is 5.73 Å². The van der Waals surface area contributed by atoms with Crippen LogP contribution in [0.25, 0.3) is 0 Å². The SMILES string of the molecule is Nc1cc(S(=O)(=O)Nc2ccc(Cl)cc2I)ccc1Br. The first-order valence-corrected chi connectivity index (χ1v) is 9.06. The number of hydrogen-bond donors (Lipinski definition) is 2. The standard InChI is InChI=1S/C12H9BrClIN2O2S/c13-9-3-2-8(6-11(9)16)20(18,19)17-12-4-1-7(14)5-10(12)15/h1-6,17H,16H2. The molecule has 4 nitrogen and oxygen atoms in total. The van der Waals surface area contributed by atoms with Crippen molar-refractivity contribution < 1.29 is 8.42 Å². The summed E-state index contributed by atoms with van der Waals surface area (Å²) in [4.78, 5) is 0.101. The number of rotatable bonds is 3. The second kappa shape index (κ2) is 6.08. The van der Waals surface area contributed by atoms with Crippen molar-refractivity contribution in [2.75, 3.05) is 10.5 Å². The van der Waals surface area contributed by atoms with Crippen LogP contribution in [0.5, 0.6) is 0 Å². The van der Waals surface area contributed by atoms with E-state index in [2.05, 4.69) is 20.7 Å². The third-order valence-corrected chi connectivity index (χ3v) is 5.67. The molecule has 2 aromatic rings. The Kier molecular flexibility index (Phi) is 4.83. The van der Waals surface area contributed by atoms with Crippen molar-refractivity contribution in [2.24, 2.45) is 0 Å². The number of halogens is 3. The van der Waals surface area contributed by atoms with Gasteiger partial charge in [-0.3, -0.25) is 4.72 Å². The van der Waals surface area contributed by atoms with Crippen molar-refractivity contribution >= 4 is 71.5 Å². The smallest absolute Gasteiger partial charge is 0.262 e. The minimum atomic E-state index is -3.69. The maximum atomic E-state index is 12.3. The number of hydrogen-bond acceptors (Lipinski definition) is 3. The molecular weight excluding hydrogens is 478 g/mol. The van der Waals surface area contributed by atoms with Crippen LogP contribution in [0.1, 0.15) is 0 Å². The predicted molar refractivity (Wildman–Crippen MR) is 93.5 cm³/mol. The molecule has 0 aromatic heterocycles. The minimum Gasteiger partial charge on any atom is -0.398 e. The van der Waals surface area contributed by atoms with E-state index in [1.807, 2.05) is 22.6 Å². The van der Waals surface area contributed by atoms with Gasteiger partial charge in [0.15, 0.2) is 0 Å². The Morgan fingerprint density at radius 3 is 2.50 bits per heavy atom. The van der Waals surface area contributed by atoms with Gasteiger partial charge in [-0.15, -0.1) is 0 Å². The van der Waals surface area contributed by atoms with Gasteiger partial charge >= 0.3 is 0 Å². The second-order valence-corrected chi connectivity index (χ2v) is 8.05. The second-order valence-electron chi connectivity index (χ2n) is 3.91. The lowest BCUT2D eigenvalue weighted by atomic mass is 10.3. The normalized spacial score (nSPS) is 11.3. The molecule has 0 amide bonds. The van der Waals surface area contributed by atoms with Crippen molar-refractivity contribution in [3.8, 4) is 0 Å². The molecule has 20 heavy (non-hydrogen) atoms. The molecule has 0 atom stereocenters. The highest BCUT2D eigenvalue weighted by Gasteiger charge is 2.16. The van der Waals surface area contributed by atoms with E-state index in [1.165, 1.54) is 12.1 Å². The van der Waals surface area contributed by atoms with E-state index in [0.717, 1.165) is 0 Å². The zero-order valence-electron chi connectivity index (χ0n) is 9.90. The number of anilines is 2. The van der Waals surface area contributed by atoms with Gasteiger partial charge in [0.1, 0.15) is 0 Å². The Bertz CT molecular complexity index is 768. The Hall–Kier alpha value is -0.510. The lowest BCUT2D eigenvalue weighted by Crippen LogP contribution is -2.14. The van der Waals surface area contributed by atoms with Gasteiger partial charge in [-0.2, -0.15) is 0 Å². The Labute approximate surface area is 144 Å². The van der Waals surface area contributed by atoms with Crippen molar-refractivity contribution in [3.05, 3.63) is 49.5 Å². The third kappa shape index (κ3) is 3.57. The fourth-order valence-electron chi connectivity index (χ4n) is 1.46. The van der Waals surface area contributed by atoms with Crippen LogP contribution in [0.4, 0.5) is 11.4 Å². The van der Waals surface area contributed by atoms with Crippen LogP contribution in [-0.2, 0) is 10.0 Å². The van der Waals surface area contributed by atoms with Gasteiger partial charge in [0.2, 0.25) is 0 Å². The molecule has 0 fully saturated rings. The molecule has 0 heterocycles. The zero-order valence-corrected chi connectivity index (χ0v) is 15.2. The van der Waals surface area contributed by atoms with Crippen LogP contribution in [-0.4, -0.2) is 8.42 Å². The highest BCUT2D eigenvalue weighted by molar-refractivity contribution is 14.1. The quantitative estimate of drug-likeness (QED) is 0.506. The highest BCUT2D eigenvalue weighted by Crippen LogP contribution is 2.27. The van der Waals surface area contributed by atoms with Gasteiger partial charge in [0, 0.05) is 18.8 Å². The summed E-state index contributed by atoms with van der Waals surface area (Å²) in [5.41, 5.74) is 6.53. The molecule has 0 aliphatic carbocycles. The summed E-state index contributed by atoms with van der Waals surface area (Å²) in [7, 11) is -3.69. The first-order chi connectivity index (χ1) is 9.29. The van der Waals surface area contributed by atoms with Gasteiger partial charge in [0.25, 0.3) is 10.0 Å². The van der Waals surface area contributed by atoms with E-state index in [4.69, 9.17) is 17.3 Å². The molecule has 0 aliphatic heterocycles. The molecule has 0 saturated carbocycles. The van der Waals surface area contributed by atoms with Crippen molar-refractivity contribution in [1.82, 2.24) is 0 Å². The predicted octanol–water partition coefficient (Wildman–Crippen LogP) is 4.09. The van der Waals surface area contributed by atoms with Crippen LogP contribution in [0.2, 0.25) is 5.02 Å². The molecule has 0 spiro atoms. The van der Waals surface area contributed by atoms with E-state index in [1.54, 1.807) is 24.3 Å². The van der Waals surface area contributed by atoms with Crippen LogP contribution in [0.3, 0.4) is 0 Å². The van der Waals surface area contributed by atoms with E-state index < -0.39 is 10.0 Å². The topological polar surface area (TPSA) is 72.2 Å². The average Bonchev–Trinajstić information content (AvgIpc) is 2.36. The summed E-state index contributed by atoms with van der Waals surface area (Å²) in [6.45, 7) is 0. The van der Waals surface area contributed by atoms with Crippen molar-refractivity contribution in [1.29, 1.82) is 0 Å². The number of nitrogens with two attached hydrogens (primary N) is 1. The highest BCUT2D eigenvalue weighted by atomic mass is 127. The van der Waals surface area contributed by atoms with Gasteiger partial charge in [0.05, 0.1) is 10.6 Å². The molecule has 0 unspecified atom stereocenters. The first-order valence-electron chi connectivity index (χ1n) is 5.32. The lowest BCUT2D eigenvalue weighted by Gasteiger charge is -2.11. The molecular formula is C12H9BrClIN2O2S. The van der Waals surface area contributed by atoms with E-state index in [9.17, 15) is 8.42 Å². The summed E-state index contributed by atoms with van der Waals surface area (Å²) >= 11 is 11.1. The summed E-state index contributed by atoms with van der Waals surface area (Å²) < 4.78 is 28.4. The molecule has 0 radical (unpaired) electrons. The Morgan fingerprint density at radius 1 is 1.20 bits per heavy atom. The average molecular weight is 488 g/mol. The van der Waals surface area contributed by atoms with Crippen molar-refractivity contribution in [2.45, 2.75) is 4.90 Å². The molecule has 3 N–H and O–H groups in total. The number of nitrogen functional groups attached to an aromatic ring is 1. The maximum absolute atomic E-state index is 12.3. The molecule has 106 valence electrons. The fourth-order valence-corrected chi connectivity index (χ4v) is 4.02. The maximum Gasteiger partial charge on any atom is 0.262 e. The van der Waals surface area contributed by atoms with E-state index >= 15 is 0 Å². The van der Waals surface area contributed by atoms with Gasteiger partial charge in [-0.1, -0.05) is 11.6 Å². The summed E-state index contributed by atoms with van der Waals surface area (Å²) in [6, 6.07) is 9.38. The summed E-state index contributed by atoms with van der Waals surface area (Å²) in [5, 5.41) is 0.547. The largest absolute Gasteiger partial charge is 0.398 e. The Balaban J connectivity index is 2.38. The fraction of sp³-hybridized carbons (Fsp3) is 0. The molecule has 2 aromatic carbocycles. The van der Waals surface area contributed by atoms with Crippen LogP contribution >= 0.6 is 50.1 Å². The molecule has 0 bridgehead atoms. The van der Waals surface area contributed by atoms with Gasteiger partial charge in [-0.05, 0) is 74.9 Å². The monoisotopic (exact) mass is 486 g/mol. The van der Waals surface area contributed by atoms with Crippen LogP contribution in [0.15, 0.2) is 45.8 Å². The minimum absolute atomic E-state index is 0.101. The Morgan fingerprint density at radius 2 is 1.90 bits per heavy atom. The molecule has 0 aliphatic rings. The number of benzene rings is 2. The van der Waals surface area contributed by atoms with Crippen LogP contribution in [0, 0.1) is 3.57 Å². The van der Waals surface area contributed by atoms with Gasteiger partial charge in [-0.25, -0.2) is 8.42 Å². The van der Waals surface area contributed by atoms with E-state index in [0.29, 0.717) is 24.4 Å². The molecule has 8 heteroatoms. The summed E-state index contributed by atoms with van der Waals surface area (Å²) in [6.07, 6.45) is 0. The number of nitrogens with one attached hydrogen (secondary N) is 1. The van der Waals surface area contributed by atoms with Crippen LogP contribution < -0.4 is 10.5 Å². The molecule has 0 saturated heterocycles. The lowest BCUT2D eigenvalue weighted by molar-refractivity contribution is 0.601. The van der Waals surface area contributed by atoms with E-state index in [-0.39, 0.29) is 4.90 Å². The third-order valence-electron chi connectivity index (χ3n) is 2.45. The molecule has 2 rings (SSSR count). The summed E-state index contributed by atoms with van der Waals surface area (Å²) in [5.74, 6) is 0.